The van der Waals surface area contributed by atoms with Gasteiger partial charge in [0.2, 0.25) is 5.91 Å². The topological polar surface area (TPSA) is 58.6 Å². The Morgan fingerprint density at radius 2 is 1.79 bits per heavy atom. The van der Waals surface area contributed by atoms with Crippen LogP contribution < -0.4 is 10.1 Å². The van der Waals surface area contributed by atoms with E-state index in [1.54, 1.807) is 12.1 Å². The molecule has 0 aromatic heterocycles. The molecule has 0 saturated heterocycles. The van der Waals surface area contributed by atoms with Gasteiger partial charge >= 0.3 is 0 Å². The van der Waals surface area contributed by atoms with Gasteiger partial charge in [-0.05, 0) is 64.2 Å². The molecule has 0 radical (unpaired) electrons. The van der Waals surface area contributed by atoms with E-state index in [2.05, 4.69) is 28.2 Å². The average molecular weight is 465 g/mol. The number of hydrogen-bond acceptors (Lipinski definition) is 3. The minimum absolute atomic E-state index is 0.185. The Morgan fingerprint density at radius 1 is 1.14 bits per heavy atom. The Balaban J connectivity index is 2.18. The summed E-state index contributed by atoms with van der Waals surface area (Å²) in [4.78, 5) is 26.8. The van der Waals surface area contributed by atoms with Crippen molar-refractivity contribution in [1.29, 1.82) is 0 Å². The third kappa shape index (κ3) is 6.29. The zero-order chi connectivity index (χ0) is 21.4. The predicted octanol–water partition coefficient (Wildman–Crippen LogP) is 4.08. The first-order valence-electron chi connectivity index (χ1n) is 9.56. The fraction of sp³-hybridized carbons (Fsp3) is 0.364. The van der Waals surface area contributed by atoms with Gasteiger partial charge in [-0.2, -0.15) is 0 Å². The summed E-state index contributed by atoms with van der Waals surface area (Å²) in [6, 6.07) is 10.9. The van der Waals surface area contributed by atoms with Crippen LogP contribution in [0.15, 0.2) is 46.9 Å². The van der Waals surface area contributed by atoms with E-state index in [0.717, 1.165) is 22.0 Å². The van der Waals surface area contributed by atoms with Gasteiger partial charge in [-0.1, -0.05) is 32.0 Å². The lowest BCUT2D eigenvalue weighted by Gasteiger charge is -2.30. The third-order valence-electron chi connectivity index (χ3n) is 4.65. The number of carbonyl (C=O) groups excluding carboxylic acids is 2. The van der Waals surface area contributed by atoms with Gasteiger partial charge in [0.25, 0.3) is 5.91 Å². The molecule has 2 aromatic carbocycles. The van der Waals surface area contributed by atoms with Gasteiger partial charge in [-0.25, -0.2) is 4.39 Å². The number of nitrogens with zero attached hydrogens (tertiary/aromatic N) is 1. The van der Waals surface area contributed by atoms with E-state index in [-0.39, 0.29) is 30.8 Å². The molecule has 0 spiro atoms. The van der Waals surface area contributed by atoms with Crippen LogP contribution in [0.4, 0.5) is 4.39 Å². The van der Waals surface area contributed by atoms with Gasteiger partial charge in [-0.3, -0.25) is 9.59 Å². The van der Waals surface area contributed by atoms with Crippen molar-refractivity contribution in [2.24, 2.45) is 0 Å². The lowest BCUT2D eigenvalue weighted by Crippen LogP contribution is -2.49. The Hall–Kier alpha value is -2.41. The second kappa shape index (κ2) is 11.0. The molecular formula is C22H26BrFN2O3. The van der Waals surface area contributed by atoms with Gasteiger partial charge in [0.15, 0.2) is 6.61 Å². The van der Waals surface area contributed by atoms with Gasteiger partial charge in [-0.15, -0.1) is 0 Å². The number of rotatable bonds is 9. The Kier molecular flexibility index (Phi) is 8.64. The fourth-order valence-electron chi connectivity index (χ4n) is 2.98. The lowest BCUT2D eigenvalue weighted by molar-refractivity contribution is -0.142. The van der Waals surface area contributed by atoms with Gasteiger partial charge in [0.1, 0.15) is 17.6 Å². The standard InChI is InChI=1S/C22H26BrFN2O3/c1-4-15-8-11-20(18(23)12-15)29-14-21(27)26(19(5-2)22(28)25-3)13-16-6-9-17(24)10-7-16/h6-12,19H,4-5,13-14H2,1-3H3,(H,25,28)/t19-/m0/s1. The zero-order valence-corrected chi connectivity index (χ0v) is 18.5. The van der Waals surface area contributed by atoms with Crippen molar-refractivity contribution in [1.82, 2.24) is 10.2 Å². The highest BCUT2D eigenvalue weighted by atomic mass is 79.9. The first-order valence-corrected chi connectivity index (χ1v) is 10.4. The first kappa shape index (κ1) is 22.9. The molecule has 1 atom stereocenters. The highest BCUT2D eigenvalue weighted by Gasteiger charge is 2.28. The van der Waals surface area contributed by atoms with Crippen LogP contribution in [0.2, 0.25) is 0 Å². The molecular weight excluding hydrogens is 439 g/mol. The first-order chi connectivity index (χ1) is 13.9. The van der Waals surface area contributed by atoms with E-state index >= 15 is 0 Å². The zero-order valence-electron chi connectivity index (χ0n) is 16.9. The van der Waals surface area contributed by atoms with E-state index in [1.807, 2.05) is 25.1 Å². The van der Waals surface area contributed by atoms with Gasteiger partial charge in [0.05, 0.1) is 4.47 Å². The normalized spacial score (nSPS) is 11.6. The summed E-state index contributed by atoms with van der Waals surface area (Å²) in [5, 5.41) is 2.60. The predicted molar refractivity (Wildman–Crippen MR) is 114 cm³/mol. The molecule has 7 heteroatoms. The minimum atomic E-state index is -0.646. The summed E-state index contributed by atoms with van der Waals surface area (Å²) < 4.78 is 19.7. The second-order valence-corrected chi connectivity index (χ2v) is 7.45. The molecule has 2 amide bonds. The Labute approximate surface area is 179 Å². The van der Waals surface area contributed by atoms with Crippen molar-refractivity contribution in [3.63, 3.8) is 0 Å². The quantitative estimate of drug-likeness (QED) is 0.607. The maximum Gasteiger partial charge on any atom is 0.261 e. The van der Waals surface area contributed by atoms with E-state index in [4.69, 9.17) is 4.74 Å². The molecule has 156 valence electrons. The number of aryl methyl sites for hydroxylation is 1. The number of likely N-dealkylation sites (N-methyl/N-ethyl adjacent to an activating group) is 1. The molecule has 5 nitrogen and oxygen atoms in total. The van der Waals surface area contributed by atoms with Crippen LogP contribution in [-0.4, -0.2) is 36.4 Å². The summed E-state index contributed by atoms with van der Waals surface area (Å²) in [6.07, 6.45) is 1.34. The van der Waals surface area contributed by atoms with Crippen molar-refractivity contribution >= 4 is 27.7 Å². The molecule has 2 aromatic rings. The molecule has 0 aliphatic carbocycles. The number of ether oxygens (including phenoxy) is 1. The maximum absolute atomic E-state index is 13.2. The fourth-order valence-corrected chi connectivity index (χ4v) is 3.52. The molecule has 0 aliphatic rings. The van der Waals surface area contributed by atoms with Crippen molar-refractivity contribution in [2.75, 3.05) is 13.7 Å². The van der Waals surface area contributed by atoms with Crippen molar-refractivity contribution in [3.8, 4) is 5.75 Å². The van der Waals surface area contributed by atoms with Crippen LogP contribution in [0.3, 0.4) is 0 Å². The summed E-state index contributed by atoms with van der Waals surface area (Å²) in [5.41, 5.74) is 1.88. The highest BCUT2D eigenvalue weighted by Crippen LogP contribution is 2.26. The van der Waals surface area contributed by atoms with E-state index < -0.39 is 6.04 Å². The summed E-state index contributed by atoms with van der Waals surface area (Å²) in [5.74, 6) is -0.369. The van der Waals surface area contributed by atoms with E-state index in [9.17, 15) is 14.0 Å². The van der Waals surface area contributed by atoms with E-state index in [1.165, 1.54) is 24.1 Å². The number of carbonyl (C=O) groups is 2. The van der Waals surface area contributed by atoms with Crippen molar-refractivity contribution < 1.29 is 18.7 Å². The number of halogens is 2. The average Bonchev–Trinajstić information content (AvgIpc) is 2.73. The number of nitrogens with one attached hydrogen (secondary N) is 1. The van der Waals surface area contributed by atoms with Crippen LogP contribution in [0.1, 0.15) is 31.4 Å². The Morgan fingerprint density at radius 3 is 2.34 bits per heavy atom. The maximum atomic E-state index is 13.2. The molecule has 0 heterocycles. The van der Waals surface area contributed by atoms with Crippen LogP contribution in [0.5, 0.6) is 5.75 Å². The van der Waals surface area contributed by atoms with Crippen LogP contribution in [0, 0.1) is 5.82 Å². The molecule has 0 unspecified atom stereocenters. The SMILES string of the molecule is CCc1ccc(OCC(=O)N(Cc2ccc(F)cc2)[C@@H](CC)C(=O)NC)c(Br)c1. The number of hydrogen-bond donors (Lipinski definition) is 1. The molecule has 29 heavy (non-hydrogen) atoms. The Bertz CT molecular complexity index is 842. The molecule has 0 bridgehead atoms. The number of amides is 2. The molecule has 2 rings (SSSR count). The van der Waals surface area contributed by atoms with Crippen LogP contribution >= 0.6 is 15.9 Å². The molecule has 0 saturated carbocycles. The highest BCUT2D eigenvalue weighted by molar-refractivity contribution is 9.10. The smallest absolute Gasteiger partial charge is 0.261 e. The monoisotopic (exact) mass is 464 g/mol. The second-order valence-electron chi connectivity index (χ2n) is 6.59. The van der Waals surface area contributed by atoms with Crippen LogP contribution in [-0.2, 0) is 22.6 Å². The van der Waals surface area contributed by atoms with Crippen LogP contribution in [0.25, 0.3) is 0 Å². The van der Waals surface area contributed by atoms with E-state index in [0.29, 0.717) is 12.2 Å². The third-order valence-corrected chi connectivity index (χ3v) is 5.27. The lowest BCUT2D eigenvalue weighted by atomic mass is 10.1. The molecule has 0 fully saturated rings. The van der Waals surface area contributed by atoms with Gasteiger partial charge < -0.3 is 15.0 Å². The summed E-state index contributed by atoms with van der Waals surface area (Å²) >= 11 is 3.46. The summed E-state index contributed by atoms with van der Waals surface area (Å²) in [6.45, 7) is 3.87. The van der Waals surface area contributed by atoms with Crippen molar-refractivity contribution in [3.05, 3.63) is 63.9 Å². The molecule has 0 aliphatic heterocycles. The molecule has 1 N–H and O–H groups in total. The van der Waals surface area contributed by atoms with Crippen molar-refractivity contribution in [2.45, 2.75) is 39.3 Å². The number of benzene rings is 2. The minimum Gasteiger partial charge on any atom is -0.483 e. The largest absolute Gasteiger partial charge is 0.483 e. The van der Waals surface area contributed by atoms with Gasteiger partial charge in [0, 0.05) is 13.6 Å². The summed E-state index contributed by atoms with van der Waals surface area (Å²) in [7, 11) is 1.54.